The highest BCUT2D eigenvalue weighted by atomic mass is 32.2. The van der Waals surface area contributed by atoms with Gasteiger partial charge in [0.1, 0.15) is 6.04 Å². The molecular weight excluding hydrogens is 314 g/mol. The van der Waals surface area contributed by atoms with Crippen LogP contribution in [0, 0.1) is 5.92 Å². The molecule has 0 saturated carbocycles. The fourth-order valence-electron chi connectivity index (χ4n) is 2.82. The molecule has 128 valence electrons. The number of carbonyl (C=O) groups is 1. The summed E-state index contributed by atoms with van der Waals surface area (Å²) in [6, 6.07) is 6.29. The Labute approximate surface area is 138 Å². The molecule has 1 saturated heterocycles. The number of rotatable bonds is 6. The molecule has 2 rings (SSSR count). The van der Waals surface area contributed by atoms with Gasteiger partial charge < -0.3 is 4.74 Å². The van der Waals surface area contributed by atoms with Gasteiger partial charge in [0.05, 0.1) is 12.0 Å². The van der Waals surface area contributed by atoms with Crippen LogP contribution in [-0.4, -0.2) is 38.4 Å². The highest BCUT2D eigenvalue weighted by molar-refractivity contribution is 7.89. The molecule has 1 heterocycles. The summed E-state index contributed by atoms with van der Waals surface area (Å²) in [6.45, 7) is 4.69. The second-order valence-electron chi connectivity index (χ2n) is 6.37. The normalized spacial score (nSPS) is 19.2. The molecule has 1 aromatic rings. The number of sulfonamides is 1. The van der Waals surface area contributed by atoms with Crippen LogP contribution < -0.4 is 0 Å². The summed E-state index contributed by atoms with van der Waals surface area (Å²) in [5.41, 5.74) is 1.13. The van der Waals surface area contributed by atoms with Crippen molar-refractivity contribution < 1.29 is 17.9 Å². The van der Waals surface area contributed by atoms with Crippen LogP contribution in [0.3, 0.4) is 0 Å². The van der Waals surface area contributed by atoms with E-state index in [0.29, 0.717) is 25.3 Å². The van der Waals surface area contributed by atoms with Crippen molar-refractivity contribution in [2.45, 2.75) is 50.5 Å². The number of aryl methyl sites for hydroxylation is 1. The number of esters is 1. The number of benzene rings is 1. The molecule has 1 aliphatic rings. The molecule has 1 fully saturated rings. The summed E-state index contributed by atoms with van der Waals surface area (Å²) < 4.78 is 31.5. The molecule has 0 aromatic heterocycles. The Morgan fingerprint density at radius 1 is 1.30 bits per heavy atom. The quantitative estimate of drug-likeness (QED) is 0.747. The first-order valence-electron chi connectivity index (χ1n) is 8.05. The summed E-state index contributed by atoms with van der Waals surface area (Å²) >= 11 is 0. The minimum Gasteiger partial charge on any atom is -0.468 e. The molecule has 0 N–H and O–H groups in total. The molecule has 0 bridgehead atoms. The summed E-state index contributed by atoms with van der Waals surface area (Å²) in [4.78, 5) is 12.0. The van der Waals surface area contributed by atoms with Crippen molar-refractivity contribution in [3.05, 3.63) is 29.8 Å². The summed E-state index contributed by atoms with van der Waals surface area (Å²) in [5.74, 6) is 0.128. The second kappa shape index (κ2) is 7.45. The molecule has 6 heteroatoms. The van der Waals surface area contributed by atoms with E-state index in [0.717, 1.165) is 18.4 Å². The third-order valence-corrected chi connectivity index (χ3v) is 6.14. The molecule has 1 aliphatic heterocycles. The van der Waals surface area contributed by atoms with Crippen molar-refractivity contribution in [2.75, 3.05) is 13.7 Å². The molecular formula is C17H25NO4S. The first-order chi connectivity index (χ1) is 10.9. The highest BCUT2D eigenvalue weighted by Crippen LogP contribution is 2.27. The maximum Gasteiger partial charge on any atom is 0.324 e. The van der Waals surface area contributed by atoms with Crippen molar-refractivity contribution in [1.29, 1.82) is 0 Å². The van der Waals surface area contributed by atoms with Crippen LogP contribution in [0.25, 0.3) is 0 Å². The van der Waals surface area contributed by atoms with Crippen LogP contribution in [0.1, 0.15) is 38.7 Å². The Bertz CT molecular complexity index is 637. The van der Waals surface area contributed by atoms with E-state index >= 15 is 0 Å². The van der Waals surface area contributed by atoms with Gasteiger partial charge in [-0.2, -0.15) is 4.31 Å². The lowest BCUT2D eigenvalue weighted by Gasteiger charge is -2.22. The maximum atomic E-state index is 12.8. The molecule has 1 unspecified atom stereocenters. The van der Waals surface area contributed by atoms with E-state index in [1.807, 2.05) is 12.1 Å². The highest BCUT2D eigenvalue weighted by Gasteiger charge is 2.40. The minimum absolute atomic E-state index is 0.238. The van der Waals surface area contributed by atoms with Crippen molar-refractivity contribution in [3.8, 4) is 0 Å². The number of hydrogen-bond donors (Lipinski definition) is 0. The minimum atomic E-state index is -3.66. The monoisotopic (exact) mass is 339 g/mol. The number of hydrogen-bond acceptors (Lipinski definition) is 4. The Balaban J connectivity index is 2.17. The van der Waals surface area contributed by atoms with Gasteiger partial charge in [0.15, 0.2) is 0 Å². The van der Waals surface area contributed by atoms with Gasteiger partial charge in [0.25, 0.3) is 0 Å². The van der Waals surface area contributed by atoms with Gasteiger partial charge in [-0.1, -0.05) is 26.0 Å². The van der Waals surface area contributed by atoms with E-state index in [9.17, 15) is 13.2 Å². The third-order valence-electron chi connectivity index (χ3n) is 4.22. The van der Waals surface area contributed by atoms with E-state index in [4.69, 9.17) is 4.74 Å². The first-order valence-corrected chi connectivity index (χ1v) is 9.49. The topological polar surface area (TPSA) is 63.7 Å². The van der Waals surface area contributed by atoms with Crippen LogP contribution in [-0.2, 0) is 26.0 Å². The zero-order valence-corrected chi connectivity index (χ0v) is 14.8. The lowest BCUT2D eigenvalue weighted by atomic mass is 10.0. The van der Waals surface area contributed by atoms with Crippen LogP contribution in [0.2, 0.25) is 0 Å². The van der Waals surface area contributed by atoms with Gasteiger partial charge in [0, 0.05) is 6.54 Å². The van der Waals surface area contributed by atoms with Gasteiger partial charge in [-0.15, -0.1) is 0 Å². The summed E-state index contributed by atoms with van der Waals surface area (Å²) in [6.07, 6.45) is 3.19. The molecule has 1 aromatic carbocycles. The Morgan fingerprint density at radius 3 is 2.52 bits per heavy atom. The molecule has 0 amide bonds. The zero-order chi connectivity index (χ0) is 17.0. The number of methoxy groups -OCH3 is 1. The van der Waals surface area contributed by atoms with E-state index < -0.39 is 22.0 Å². The van der Waals surface area contributed by atoms with E-state index in [1.54, 1.807) is 12.1 Å². The average Bonchev–Trinajstić information content (AvgIpc) is 3.03. The van der Waals surface area contributed by atoms with Crippen LogP contribution in [0.15, 0.2) is 29.2 Å². The van der Waals surface area contributed by atoms with Crippen molar-refractivity contribution in [2.24, 2.45) is 5.92 Å². The average molecular weight is 339 g/mol. The summed E-state index contributed by atoms with van der Waals surface area (Å²) in [7, 11) is -2.37. The Kier molecular flexibility index (Phi) is 5.81. The van der Waals surface area contributed by atoms with E-state index in [2.05, 4.69) is 13.8 Å². The molecule has 5 nitrogen and oxygen atoms in total. The number of nitrogens with zero attached hydrogens (tertiary/aromatic N) is 1. The SMILES string of the molecule is COC(=O)C1CCCN1S(=O)(=O)c1ccc(CCC(C)C)cc1. The van der Waals surface area contributed by atoms with Gasteiger partial charge in [-0.25, -0.2) is 8.42 Å². The zero-order valence-electron chi connectivity index (χ0n) is 14.0. The van der Waals surface area contributed by atoms with E-state index in [1.165, 1.54) is 11.4 Å². The standard InChI is InChI=1S/C17H25NO4S/c1-13(2)6-7-14-8-10-15(11-9-14)23(20,21)18-12-4-5-16(18)17(19)22-3/h8-11,13,16H,4-7,12H2,1-3H3. The van der Waals surface area contributed by atoms with Gasteiger partial charge in [-0.3, -0.25) is 4.79 Å². The predicted octanol–water partition coefficient (Wildman–Crippen LogP) is 2.60. The lowest BCUT2D eigenvalue weighted by molar-refractivity contribution is -0.144. The molecule has 0 aliphatic carbocycles. The van der Waals surface area contributed by atoms with Gasteiger partial charge in [0.2, 0.25) is 10.0 Å². The fraction of sp³-hybridized carbons (Fsp3) is 0.588. The summed E-state index contributed by atoms with van der Waals surface area (Å²) in [5, 5.41) is 0. The molecule has 0 radical (unpaired) electrons. The van der Waals surface area contributed by atoms with Crippen LogP contribution in [0.4, 0.5) is 0 Å². The van der Waals surface area contributed by atoms with Crippen LogP contribution >= 0.6 is 0 Å². The maximum absolute atomic E-state index is 12.8. The Morgan fingerprint density at radius 2 is 1.96 bits per heavy atom. The smallest absolute Gasteiger partial charge is 0.324 e. The van der Waals surface area contributed by atoms with Crippen LogP contribution in [0.5, 0.6) is 0 Å². The molecule has 0 spiro atoms. The Hall–Kier alpha value is -1.40. The third kappa shape index (κ3) is 4.12. The fourth-order valence-corrected chi connectivity index (χ4v) is 4.47. The number of carbonyl (C=O) groups excluding carboxylic acids is 1. The van der Waals surface area contributed by atoms with Gasteiger partial charge >= 0.3 is 5.97 Å². The van der Waals surface area contributed by atoms with Crippen molar-refractivity contribution in [3.63, 3.8) is 0 Å². The predicted molar refractivity (Wildman–Crippen MR) is 88.5 cm³/mol. The lowest BCUT2D eigenvalue weighted by Crippen LogP contribution is -2.41. The van der Waals surface area contributed by atoms with Crippen molar-refractivity contribution in [1.82, 2.24) is 4.31 Å². The first kappa shape index (κ1) is 17.9. The molecule has 1 atom stereocenters. The largest absolute Gasteiger partial charge is 0.468 e. The number of ether oxygens (including phenoxy) is 1. The van der Waals surface area contributed by atoms with Gasteiger partial charge in [-0.05, 0) is 49.3 Å². The molecule has 23 heavy (non-hydrogen) atoms. The van der Waals surface area contributed by atoms with Crippen molar-refractivity contribution >= 4 is 16.0 Å². The van der Waals surface area contributed by atoms with E-state index in [-0.39, 0.29) is 4.90 Å². The second-order valence-corrected chi connectivity index (χ2v) is 8.26.